The van der Waals surface area contributed by atoms with Crippen molar-refractivity contribution in [3.05, 3.63) is 17.0 Å². The summed E-state index contributed by atoms with van der Waals surface area (Å²) in [6.45, 7) is 17.0. The molecular weight excluding hydrogens is 595 g/mol. The van der Waals surface area contributed by atoms with E-state index < -0.39 is 26.5 Å². The van der Waals surface area contributed by atoms with Gasteiger partial charge in [0, 0.05) is 0 Å². The summed E-state index contributed by atoms with van der Waals surface area (Å²) in [5.74, 6) is 3.42. The summed E-state index contributed by atoms with van der Waals surface area (Å²) in [7, 11) is -1.70. The maximum absolute atomic E-state index is 2.80. The van der Waals surface area contributed by atoms with Crippen molar-refractivity contribution >= 4 is 62.4 Å². The number of rotatable bonds is 15. The van der Waals surface area contributed by atoms with Crippen LogP contribution in [-0.2, 0) is 0 Å². The molecule has 1 aliphatic rings. The molecule has 0 aliphatic carbocycles. The molecular formula is C32H56S2SiSn. The maximum atomic E-state index is 2.80. The van der Waals surface area contributed by atoms with E-state index in [-0.39, 0.29) is 0 Å². The van der Waals surface area contributed by atoms with Crippen LogP contribution in [0.2, 0.25) is 26.9 Å². The van der Waals surface area contributed by atoms with Crippen LogP contribution in [-0.4, -0.2) is 26.5 Å². The van der Waals surface area contributed by atoms with Gasteiger partial charge in [-0.2, -0.15) is 0 Å². The van der Waals surface area contributed by atoms with E-state index in [9.17, 15) is 0 Å². The van der Waals surface area contributed by atoms with Gasteiger partial charge in [0.15, 0.2) is 0 Å². The summed E-state index contributed by atoms with van der Waals surface area (Å²) in [6.07, 6.45) is 11.3. The van der Waals surface area contributed by atoms with Crippen molar-refractivity contribution in [2.24, 2.45) is 23.7 Å². The minimum atomic E-state index is -2.10. The van der Waals surface area contributed by atoms with Crippen molar-refractivity contribution in [3.8, 4) is 9.75 Å². The normalized spacial score (nSPS) is 19.2. The molecule has 4 heteroatoms. The molecule has 3 heterocycles. The standard InChI is InChI=1S/C29H47S2Si.3CH3.Sn/c1-21(2)10-8-12-23(5)15-18-32(19-16-24(6)13-9-11-22(3)4)26-14-17-30-28(26)29-27(32)20-25(7)31-29;;;;/h14,20-24H,8-13,15-16,18-19H2,1-7H3;3*1H3;. The first-order valence-corrected chi connectivity index (χ1v) is 29.1. The van der Waals surface area contributed by atoms with E-state index in [1.807, 2.05) is 13.3 Å². The topological polar surface area (TPSA) is 0 Å². The monoisotopic (exact) mass is 652 g/mol. The zero-order valence-electron chi connectivity index (χ0n) is 25.4. The predicted molar refractivity (Wildman–Crippen MR) is 175 cm³/mol. The van der Waals surface area contributed by atoms with E-state index in [2.05, 4.69) is 98.1 Å². The van der Waals surface area contributed by atoms with Gasteiger partial charge in [0.1, 0.15) is 0 Å². The molecule has 36 heavy (non-hydrogen) atoms. The SMILES string of the molecule is Cc1cc2c(s1)-c1s[c]([Sn]([CH3])([CH3])[CH3])cc1[Si]2(CCC(C)CCCC(C)C)CCC(C)CCCC(C)C. The molecule has 0 radical (unpaired) electrons. The van der Waals surface area contributed by atoms with E-state index in [4.69, 9.17) is 0 Å². The van der Waals surface area contributed by atoms with Gasteiger partial charge >= 0.3 is 240 Å². The molecule has 2 aromatic rings. The molecule has 0 aromatic carbocycles. The first-order chi connectivity index (χ1) is 16.8. The van der Waals surface area contributed by atoms with Crippen molar-refractivity contribution in [2.75, 3.05) is 0 Å². The van der Waals surface area contributed by atoms with Crippen LogP contribution >= 0.6 is 22.7 Å². The van der Waals surface area contributed by atoms with E-state index in [0.717, 1.165) is 23.7 Å². The molecule has 2 atom stereocenters. The van der Waals surface area contributed by atoms with Crippen LogP contribution < -0.4 is 13.3 Å². The van der Waals surface area contributed by atoms with Crippen LogP contribution in [0.15, 0.2) is 12.1 Å². The van der Waals surface area contributed by atoms with Crippen LogP contribution in [0.5, 0.6) is 0 Å². The Kier molecular flexibility index (Phi) is 11.3. The zero-order valence-corrected chi connectivity index (χ0v) is 30.8. The summed E-state index contributed by atoms with van der Waals surface area (Å²) >= 11 is 2.25. The molecule has 0 bridgehead atoms. The first-order valence-electron chi connectivity index (χ1n) is 15.1. The van der Waals surface area contributed by atoms with Gasteiger partial charge in [-0.25, -0.2) is 0 Å². The van der Waals surface area contributed by atoms with Crippen LogP contribution in [0, 0.1) is 30.6 Å². The second-order valence-electron chi connectivity index (χ2n) is 14.2. The third-order valence-corrected chi connectivity index (χ3v) is 25.9. The second-order valence-corrected chi connectivity index (χ2v) is 36.2. The summed E-state index contributed by atoms with van der Waals surface area (Å²) in [5.41, 5.74) is 0. The molecule has 1 aliphatic heterocycles. The average Bonchev–Trinajstić information content (AvgIpc) is 3.42. The van der Waals surface area contributed by atoms with Crippen molar-refractivity contribution in [1.29, 1.82) is 0 Å². The van der Waals surface area contributed by atoms with Gasteiger partial charge in [-0.15, -0.1) is 0 Å². The fourth-order valence-electron chi connectivity index (χ4n) is 6.16. The first kappa shape index (κ1) is 31.0. The molecule has 0 fully saturated rings. The van der Waals surface area contributed by atoms with Crippen LogP contribution in [0.1, 0.15) is 97.8 Å². The number of fused-ring (bicyclic) bond motifs is 3. The third-order valence-electron chi connectivity index (χ3n) is 8.65. The van der Waals surface area contributed by atoms with E-state index in [1.54, 1.807) is 14.6 Å². The van der Waals surface area contributed by atoms with Gasteiger partial charge in [0.05, 0.1) is 0 Å². The summed E-state index contributed by atoms with van der Waals surface area (Å²) in [4.78, 5) is 12.8. The molecule has 0 amide bonds. The number of aryl methyl sites for hydroxylation is 1. The molecule has 204 valence electrons. The molecule has 3 rings (SSSR count). The molecule has 0 nitrogen and oxygen atoms in total. The van der Waals surface area contributed by atoms with Gasteiger partial charge in [-0.3, -0.25) is 0 Å². The number of thiophene rings is 2. The molecule has 2 aromatic heterocycles. The Balaban J connectivity index is 1.88. The Hall–Kier alpha value is 0.416. The predicted octanol–water partition coefficient (Wildman–Crippen LogP) is 9.91. The summed E-state index contributed by atoms with van der Waals surface area (Å²) in [5, 5.41) is 3.74. The van der Waals surface area contributed by atoms with E-state index >= 15 is 0 Å². The minimum absolute atomic E-state index is 0.844. The molecule has 0 N–H and O–H groups in total. The summed E-state index contributed by atoms with van der Waals surface area (Å²) < 4.78 is 1.82. The van der Waals surface area contributed by atoms with Crippen molar-refractivity contribution in [1.82, 2.24) is 0 Å². The fourth-order valence-corrected chi connectivity index (χ4v) is 21.4. The van der Waals surface area contributed by atoms with E-state index in [0.29, 0.717) is 0 Å². The van der Waals surface area contributed by atoms with E-state index in [1.165, 1.54) is 63.5 Å². The van der Waals surface area contributed by atoms with Crippen LogP contribution in [0.4, 0.5) is 0 Å². The Labute approximate surface area is 238 Å². The molecule has 2 unspecified atom stereocenters. The summed E-state index contributed by atoms with van der Waals surface area (Å²) in [6, 6.07) is 8.43. The van der Waals surface area contributed by atoms with Crippen molar-refractivity contribution in [3.63, 3.8) is 0 Å². The Bertz CT molecular complexity index is 937. The Morgan fingerprint density at radius 2 is 1.14 bits per heavy atom. The van der Waals surface area contributed by atoms with Gasteiger partial charge in [0.2, 0.25) is 0 Å². The zero-order chi connectivity index (χ0) is 26.7. The molecule has 0 spiro atoms. The quantitative estimate of drug-likeness (QED) is 0.168. The van der Waals surface area contributed by atoms with Crippen LogP contribution in [0.25, 0.3) is 9.75 Å². The van der Waals surface area contributed by atoms with Gasteiger partial charge in [0.25, 0.3) is 0 Å². The number of hydrogen-bond donors (Lipinski definition) is 0. The van der Waals surface area contributed by atoms with Crippen LogP contribution in [0.3, 0.4) is 0 Å². The van der Waals surface area contributed by atoms with Crippen molar-refractivity contribution < 1.29 is 0 Å². The van der Waals surface area contributed by atoms with Crippen molar-refractivity contribution in [2.45, 2.75) is 127 Å². The Morgan fingerprint density at radius 3 is 1.61 bits per heavy atom. The number of hydrogen-bond acceptors (Lipinski definition) is 2. The Morgan fingerprint density at radius 1 is 0.667 bits per heavy atom. The average molecular weight is 652 g/mol. The fraction of sp³-hybridized carbons (Fsp3) is 0.750. The van der Waals surface area contributed by atoms with Gasteiger partial charge < -0.3 is 0 Å². The van der Waals surface area contributed by atoms with Gasteiger partial charge in [-0.05, 0) is 0 Å². The van der Waals surface area contributed by atoms with Gasteiger partial charge in [-0.1, -0.05) is 0 Å². The molecule has 0 saturated carbocycles. The third kappa shape index (κ3) is 7.75. The second kappa shape index (κ2) is 13.2. The molecule has 0 saturated heterocycles.